The molecular formula is C11H16N4O2. The summed E-state index contributed by atoms with van der Waals surface area (Å²) in [4.78, 5) is 14.6. The second kappa shape index (κ2) is 5.09. The molecule has 1 saturated heterocycles. The average Bonchev–Trinajstić information content (AvgIpc) is 2.80. The lowest BCUT2D eigenvalue weighted by Gasteiger charge is -2.12. The predicted octanol–water partition coefficient (Wildman–Crippen LogP) is 1.46. The zero-order valence-electron chi connectivity index (χ0n) is 9.77. The molecule has 0 saturated carbocycles. The van der Waals surface area contributed by atoms with E-state index in [1.54, 1.807) is 13.1 Å². The molecule has 0 spiro atoms. The number of aryl methyl sites for hydroxylation is 1. The van der Waals surface area contributed by atoms with Crippen LogP contribution in [0, 0.1) is 17.0 Å². The lowest BCUT2D eigenvalue weighted by Crippen LogP contribution is -2.29. The second-order valence-electron chi connectivity index (χ2n) is 4.31. The molecule has 0 aromatic carbocycles. The van der Waals surface area contributed by atoms with Gasteiger partial charge in [0.2, 0.25) is 5.82 Å². The van der Waals surface area contributed by atoms with E-state index in [0.717, 1.165) is 24.9 Å². The molecule has 6 nitrogen and oxygen atoms in total. The van der Waals surface area contributed by atoms with Crippen molar-refractivity contribution in [2.75, 3.05) is 18.4 Å². The Morgan fingerprint density at radius 3 is 3.18 bits per heavy atom. The highest BCUT2D eigenvalue weighted by Crippen LogP contribution is 2.22. The van der Waals surface area contributed by atoms with Gasteiger partial charge in [0.25, 0.3) is 0 Å². The minimum Gasteiger partial charge on any atom is -0.363 e. The molecule has 1 unspecified atom stereocenters. The van der Waals surface area contributed by atoms with Gasteiger partial charge in [0.15, 0.2) is 0 Å². The van der Waals surface area contributed by atoms with Gasteiger partial charge in [-0.1, -0.05) is 0 Å². The largest absolute Gasteiger partial charge is 0.363 e. The zero-order valence-corrected chi connectivity index (χ0v) is 9.77. The van der Waals surface area contributed by atoms with Crippen molar-refractivity contribution in [3.63, 3.8) is 0 Å². The Morgan fingerprint density at radius 2 is 2.53 bits per heavy atom. The van der Waals surface area contributed by atoms with E-state index in [9.17, 15) is 10.1 Å². The van der Waals surface area contributed by atoms with Crippen LogP contribution in [0.15, 0.2) is 12.3 Å². The van der Waals surface area contributed by atoms with Crippen LogP contribution < -0.4 is 10.6 Å². The summed E-state index contributed by atoms with van der Waals surface area (Å²) in [7, 11) is 0. The predicted molar refractivity (Wildman–Crippen MR) is 65.1 cm³/mol. The Kier molecular flexibility index (Phi) is 3.53. The number of rotatable bonds is 4. The topological polar surface area (TPSA) is 80.1 Å². The third-order valence-electron chi connectivity index (χ3n) is 2.88. The van der Waals surface area contributed by atoms with E-state index in [2.05, 4.69) is 15.6 Å². The van der Waals surface area contributed by atoms with Gasteiger partial charge in [0, 0.05) is 24.8 Å². The fourth-order valence-corrected chi connectivity index (χ4v) is 1.98. The molecule has 1 aliphatic rings. The summed E-state index contributed by atoms with van der Waals surface area (Å²) in [5.74, 6) is 0.356. The molecule has 1 aromatic rings. The van der Waals surface area contributed by atoms with Crippen LogP contribution in [-0.2, 0) is 0 Å². The van der Waals surface area contributed by atoms with Crippen molar-refractivity contribution in [3.05, 3.63) is 27.9 Å². The first kappa shape index (κ1) is 11.8. The maximum atomic E-state index is 10.9. The minimum atomic E-state index is -0.398. The van der Waals surface area contributed by atoms with Gasteiger partial charge in [-0.15, -0.1) is 0 Å². The normalized spacial score (nSPS) is 19.2. The van der Waals surface area contributed by atoms with E-state index in [1.165, 1.54) is 6.07 Å². The monoisotopic (exact) mass is 236 g/mol. The van der Waals surface area contributed by atoms with Crippen LogP contribution in [0.25, 0.3) is 0 Å². The first-order valence-electron chi connectivity index (χ1n) is 5.75. The number of hydrogen-bond donors (Lipinski definition) is 2. The lowest BCUT2D eigenvalue weighted by atomic mass is 10.2. The maximum absolute atomic E-state index is 10.9. The van der Waals surface area contributed by atoms with Gasteiger partial charge in [-0.25, -0.2) is 4.98 Å². The van der Waals surface area contributed by atoms with Gasteiger partial charge < -0.3 is 10.6 Å². The number of nitrogens with zero attached hydrogens (tertiary/aromatic N) is 2. The summed E-state index contributed by atoms with van der Waals surface area (Å²) in [6, 6.07) is 1.93. The summed E-state index contributed by atoms with van der Waals surface area (Å²) in [6.07, 6.45) is 3.90. The highest BCUT2D eigenvalue weighted by atomic mass is 16.6. The fourth-order valence-electron chi connectivity index (χ4n) is 1.98. The molecule has 0 bridgehead atoms. The Bertz CT molecular complexity index is 416. The summed E-state index contributed by atoms with van der Waals surface area (Å²) in [5, 5.41) is 17.3. The van der Waals surface area contributed by atoms with Gasteiger partial charge in [-0.3, -0.25) is 10.1 Å². The highest BCUT2D eigenvalue weighted by molar-refractivity contribution is 5.56. The van der Waals surface area contributed by atoms with E-state index in [1.807, 2.05) is 0 Å². The van der Waals surface area contributed by atoms with Gasteiger partial charge in [-0.2, -0.15) is 0 Å². The lowest BCUT2D eigenvalue weighted by molar-refractivity contribution is -0.384. The van der Waals surface area contributed by atoms with Crippen molar-refractivity contribution in [2.45, 2.75) is 25.8 Å². The second-order valence-corrected chi connectivity index (χ2v) is 4.31. The van der Waals surface area contributed by atoms with Crippen LogP contribution in [0.2, 0.25) is 0 Å². The van der Waals surface area contributed by atoms with Crippen LogP contribution in [-0.4, -0.2) is 29.0 Å². The number of hydrogen-bond acceptors (Lipinski definition) is 5. The molecule has 0 radical (unpaired) electrons. The molecular weight excluding hydrogens is 220 g/mol. The quantitative estimate of drug-likeness (QED) is 0.611. The minimum absolute atomic E-state index is 0.0444. The van der Waals surface area contributed by atoms with E-state index < -0.39 is 4.92 Å². The van der Waals surface area contributed by atoms with Crippen LogP contribution >= 0.6 is 0 Å². The zero-order chi connectivity index (χ0) is 12.3. The first-order chi connectivity index (χ1) is 8.16. The standard InChI is InChI=1S/C11H16N4O2/c1-8-5-10(15(16)17)11(13-6-8)14-7-9-3-2-4-12-9/h5-6,9,12H,2-4,7H2,1H3,(H,13,14). The van der Waals surface area contributed by atoms with Gasteiger partial charge in [0.05, 0.1) is 4.92 Å². The number of aromatic nitrogens is 1. The van der Waals surface area contributed by atoms with E-state index in [4.69, 9.17) is 0 Å². The molecule has 2 N–H and O–H groups in total. The fraction of sp³-hybridized carbons (Fsp3) is 0.545. The Morgan fingerprint density at radius 1 is 1.71 bits per heavy atom. The van der Waals surface area contributed by atoms with Crippen LogP contribution in [0.4, 0.5) is 11.5 Å². The van der Waals surface area contributed by atoms with E-state index in [0.29, 0.717) is 18.4 Å². The van der Waals surface area contributed by atoms with Gasteiger partial charge in [-0.05, 0) is 31.9 Å². The van der Waals surface area contributed by atoms with E-state index >= 15 is 0 Å². The Hall–Kier alpha value is -1.69. The summed E-state index contributed by atoms with van der Waals surface area (Å²) < 4.78 is 0. The van der Waals surface area contributed by atoms with Crippen molar-refractivity contribution in [1.82, 2.24) is 10.3 Å². The Balaban J connectivity index is 2.06. The molecule has 92 valence electrons. The van der Waals surface area contributed by atoms with Crippen molar-refractivity contribution >= 4 is 11.5 Å². The summed E-state index contributed by atoms with van der Waals surface area (Å²) in [5.41, 5.74) is 0.837. The van der Waals surface area contributed by atoms with Crippen LogP contribution in [0.3, 0.4) is 0 Å². The molecule has 17 heavy (non-hydrogen) atoms. The molecule has 1 aromatic heterocycles. The SMILES string of the molecule is Cc1cnc(NCC2CCCN2)c([N+](=O)[O-])c1. The van der Waals surface area contributed by atoms with Gasteiger partial charge in [0.1, 0.15) is 0 Å². The van der Waals surface area contributed by atoms with Gasteiger partial charge >= 0.3 is 5.69 Å². The number of anilines is 1. The molecule has 1 fully saturated rings. The van der Waals surface area contributed by atoms with E-state index in [-0.39, 0.29) is 5.69 Å². The van der Waals surface area contributed by atoms with Crippen molar-refractivity contribution < 1.29 is 4.92 Å². The highest BCUT2D eigenvalue weighted by Gasteiger charge is 2.18. The average molecular weight is 236 g/mol. The third-order valence-corrected chi connectivity index (χ3v) is 2.88. The molecule has 2 heterocycles. The summed E-state index contributed by atoms with van der Waals surface area (Å²) >= 11 is 0. The molecule has 2 rings (SSSR count). The molecule has 0 aliphatic carbocycles. The van der Waals surface area contributed by atoms with Crippen LogP contribution in [0.5, 0.6) is 0 Å². The van der Waals surface area contributed by atoms with Crippen molar-refractivity contribution in [3.8, 4) is 0 Å². The Labute approximate surface area is 99.6 Å². The van der Waals surface area contributed by atoms with Crippen LogP contribution in [0.1, 0.15) is 18.4 Å². The summed E-state index contributed by atoms with van der Waals surface area (Å²) in [6.45, 7) is 3.50. The maximum Gasteiger partial charge on any atom is 0.311 e. The first-order valence-corrected chi connectivity index (χ1v) is 5.75. The number of pyridine rings is 1. The molecule has 6 heteroatoms. The molecule has 1 atom stereocenters. The number of nitro groups is 1. The number of nitrogens with one attached hydrogen (secondary N) is 2. The smallest absolute Gasteiger partial charge is 0.311 e. The third kappa shape index (κ3) is 2.91. The van der Waals surface area contributed by atoms with Crippen molar-refractivity contribution in [2.24, 2.45) is 0 Å². The molecule has 1 aliphatic heterocycles. The molecule has 0 amide bonds. The van der Waals surface area contributed by atoms with Crippen molar-refractivity contribution in [1.29, 1.82) is 0 Å².